The van der Waals surface area contributed by atoms with E-state index in [1.807, 2.05) is 6.07 Å². The normalized spacial score (nSPS) is 15.4. The van der Waals surface area contributed by atoms with Gasteiger partial charge in [0.25, 0.3) is 0 Å². The van der Waals surface area contributed by atoms with Gasteiger partial charge in [0, 0.05) is 7.11 Å². The van der Waals surface area contributed by atoms with Crippen molar-refractivity contribution in [3.05, 3.63) is 22.6 Å². The van der Waals surface area contributed by atoms with E-state index in [9.17, 15) is 0 Å². The number of halogens is 1. The monoisotopic (exact) mass is 261 g/mol. The van der Waals surface area contributed by atoms with Gasteiger partial charge in [-0.15, -0.1) is 0 Å². The molecule has 1 heterocycles. The smallest absolute Gasteiger partial charge is 0.137 e. The van der Waals surface area contributed by atoms with Crippen LogP contribution in [0.25, 0.3) is 0 Å². The third-order valence-electron chi connectivity index (χ3n) is 2.22. The van der Waals surface area contributed by atoms with Crippen molar-refractivity contribution < 1.29 is 9.15 Å². The Labute approximate surface area is 92.7 Å². The van der Waals surface area contributed by atoms with Gasteiger partial charge in [0.1, 0.15) is 5.76 Å². The van der Waals surface area contributed by atoms with Crippen LogP contribution in [0.15, 0.2) is 21.2 Å². The molecule has 1 aromatic rings. The lowest BCUT2D eigenvalue weighted by atomic mass is 10.1. The van der Waals surface area contributed by atoms with Crippen LogP contribution in [-0.2, 0) is 4.74 Å². The standard InChI is InChI=1S/C10H16BrNO2/c1-3-4-8(13-2)9(12)10-7(11)5-6-14-10/h5-6,8-9H,3-4,12H2,1-2H3. The molecule has 0 fully saturated rings. The van der Waals surface area contributed by atoms with E-state index in [4.69, 9.17) is 14.9 Å². The highest BCUT2D eigenvalue weighted by Crippen LogP contribution is 2.27. The highest BCUT2D eigenvalue weighted by molar-refractivity contribution is 9.10. The van der Waals surface area contributed by atoms with E-state index in [0.717, 1.165) is 23.1 Å². The zero-order valence-corrected chi connectivity index (χ0v) is 10.1. The van der Waals surface area contributed by atoms with Gasteiger partial charge in [-0.1, -0.05) is 13.3 Å². The van der Waals surface area contributed by atoms with Crippen molar-refractivity contribution in [3.8, 4) is 0 Å². The summed E-state index contributed by atoms with van der Waals surface area (Å²) in [5.41, 5.74) is 6.03. The Morgan fingerprint density at radius 3 is 2.79 bits per heavy atom. The first kappa shape index (κ1) is 11.8. The summed E-state index contributed by atoms with van der Waals surface area (Å²) in [6.45, 7) is 2.11. The number of methoxy groups -OCH3 is 1. The van der Waals surface area contributed by atoms with Crippen LogP contribution in [0.1, 0.15) is 31.6 Å². The average molecular weight is 262 g/mol. The van der Waals surface area contributed by atoms with Crippen LogP contribution in [-0.4, -0.2) is 13.2 Å². The van der Waals surface area contributed by atoms with Gasteiger partial charge in [0.05, 0.1) is 22.9 Å². The Hall–Kier alpha value is -0.320. The molecule has 2 atom stereocenters. The Bertz CT molecular complexity index is 275. The highest BCUT2D eigenvalue weighted by atomic mass is 79.9. The first-order chi connectivity index (χ1) is 6.70. The molecule has 4 heteroatoms. The molecule has 0 spiro atoms. The number of ether oxygens (including phenoxy) is 1. The van der Waals surface area contributed by atoms with E-state index < -0.39 is 0 Å². The second-order valence-electron chi connectivity index (χ2n) is 3.22. The van der Waals surface area contributed by atoms with Crippen LogP contribution in [0.5, 0.6) is 0 Å². The molecule has 3 nitrogen and oxygen atoms in total. The molecule has 1 aromatic heterocycles. The van der Waals surface area contributed by atoms with Crippen LogP contribution < -0.4 is 5.73 Å². The van der Waals surface area contributed by atoms with Crippen molar-refractivity contribution in [3.63, 3.8) is 0 Å². The van der Waals surface area contributed by atoms with Crippen LogP contribution in [0, 0.1) is 0 Å². The van der Waals surface area contributed by atoms with Gasteiger partial charge in [-0.25, -0.2) is 0 Å². The van der Waals surface area contributed by atoms with Crippen molar-refractivity contribution in [1.29, 1.82) is 0 Å². The topological polar surface area (TPSA) is 48.4 Å². The van der Waals surface area contributed by atoms with Crippen molar-refractivity contribution in [2.24, 2.45) is 5.73 Å². The second kappa shape index (κ2) is 5.53. The summed E-state index contributed by atoms with van der Waals surface area (Å²) in [4.78, 5) is 0. The Morgan fingerprint density at radius 1 is 1.64 bits per heavy atom. The van der Waals surface area contributed by atoms with Gasteiger partial charge in [-0.2, -0.15) is 0 Å². The summed E-state index contributed by atoms with van der Waals surface area (Å²) >= 11 is 3.39. The molecule has 1 rings (SSSR count). The summed E-state index contributed by atoms with van der Waals surface area (Å²) in [7, 11) is 1.68. The third kappa shape index (κ3) is 2.59. The van der Waals surface area contributed by atoms with E-state index in [1.165, 1.54) is 0 Å². The molecule has 0 aliphatic heterocycles. The highest BCUT2D eigenvalue weighted by Gasteiger charge is 2.22. The average Bonchev–Trinajstić information content (AvgIpc) is 2.59. The Balaban J connectivity index is 2.72. The molecule has 80 valence electrons. The lowest BCUT2D eigenvalue weighted by molar-refractivity contribution is 0.0660. The fourth-order valence-corrected chi connectivity index (χ4v) is 1.91. The fraction of sp³-hybridized carbons (Fsp3) is 0.600. The molecule has 0 aliphatic carbocycles. The largest absolute Gasteiger partial charge is 0.466 e. The minimum absolute atomic E-state index is 0.0162. The number of hydrogen-bond acceptors (Lipinski definition) is 3. The van der Waals surface area contributed by atoms with Crippen LogP contribution in [0.4, 0.5) is 0 Å². The van der Waals surface area contributed by atoms with Gasteiger partial charge in [-0.05, 0) is 28.4 Å². The molecular formula is C10H16BrNO2. The summed E-state index contributed by atoms with van der Waals surface area (Å²) in [5.74, 6) is 0.755. The van der Waals surface area contributed by atoms with E-state index in [0.29, 0.717) is 0 Å². The molecule has 0 saturated heterocycles. The SMILES string of the molecule is CCCC(OC)C(N)c1occc1Br. The predicted octanol–water partition coefficient (Wildman–Crippen LogP) is 2.86. The maximum absolute atomic E-state index is 6.03. The minimum atomic E-state index is -0.204. The van der Waals surface area contributed by atoms with Gasteiger partial charge in [0.2, 0.25) is 0 Å². The fourth-order valence-electron chi connectivity index (χ4n) is 1.44. The molecule has 2 unspecified atom stereocenters. The van der Waals surface area contributed by atoms with Crippen molar-refractivity contribution in [1.82, 2.24) is 0 Å². The molecule has 2 N–H and O–H groups in total. The van der Waals surface area contributed by atoms with Gasteiger partial charge in [-0.3, -0.25) is 0 Å². The first-order valence-electron chi connectivity index (χ1n) is 4.72. The van der Waals surface area contributed by atoms with Gasteiger partial charge < -0.3 is 14.9 Å². The van der Waals surface area contributed by atoms with Crippen molar-refractivity contribution in [2.45, 2.75) is 31.9 Å². The van der Waals surface area contributed by atoms with Crippen LogP contribution in [0.2, 0.25) is 0 Å². The Kier molecular flexibility index (Phi) is 4.65. The lowest BCUT2D eigenvalue weighted by Crippen LogP contribution is -2.27. The molecule has 0 radical (unpaired) electrons. The van der Waals surface area contributed by atoms with Gasteiger partial charge in [0.15, 0.2) is 0 Å². The quantitative estimate of drug-likeness (QED) is 0.887. The molecule has 0 aromatic carbocycles. The third-order valence-corrected chi connectivity index (χ3v) is 2.88. The Morgan fingerprint density at radius 2 is 2.36 bits per heavy atom. The zero-order chi connectivity index (χ0) is 10.6. The zero-order valence-electron chi connectivity index (χ0n) is 8.50. The molecular weight excluding hydrogens is 246 g/mol. The van der Waals surface area contributed by atoms with Crippen LogP contribution >= 0.6 is 15.9 Å². The van der Waals surface area contributed by atoms with Crippen molar-refractivity contribution >= 4 is 15.9 Å². The maximum atomic E-state index is 6.03. The van der Waals surface area contributed by atoms with E-state index in [1.54, 1.807) is 13.4 Å². The van der Waals surface area contributed by atoms with E-state index >= 15 is 0 Å². The summed E-state index contributed by atoms with van der Waals surface area (Å²) in [5, 5.41) is 0. The molecule has 0 bridgehead atoms. The maximum Gasteiger partial charge on any atom is 0.137 e. The molecule has 14 heavy (non-hydrogen) atoms. The number of nitrogens with two attached hydrogens (primary N) is 1. The first-order valence-corrected chi connectivity index (χ1v) is 5.51. The molecule has 0 saturated carbocycles. The number of hydrogen-bond donors (Lipinski definition) is 1. The van der Waals surface area contributed by atoms with Crippen molar-refractivity contribution in [2.75, 3.05) is 7.11 Å². The molecule has 0 amide bonds. The summed E-state index contributed by atoms with van der Waals surface area (Å²) < 4.78 is 11.5. The van der Waals surface area contributed by atoms with E-state index in [2.05, 4.69) is 22.9 Å². The summed E-state index contributed by atoms with van der Waals surface area (Å²) in [6, 6.07) is 1.64. The van der Waals surface area contributed by atoms with E-state index in [-0.39, 0.29) is 12.1 Å². The number of rotatable bonds is 5. The molecule has 0 aliphatic rings. The van der Waals surface area contributed by atoms with Gasteiger partial charge >= 0.3 is 0 Å². The van der Waals surface area contributed by atoms with Crippen LogP contribution in [0.3, 0.4) is 0 Å². The number of furan rings is 1. The predicted molar refractivity (Wildman–Crippen MR) is 59.0 cm³/mol. The lowest BCUT2D eigenvalue weighted by Gasteiger charge is -2.20. The summed E-state index contributed by atoms with van der Waals surface area (Å²) in [6.07, 6.45) is 3.62. The minimum Gasteiger partial charge on any atom is -0.466 e. The second-order valence-corrected chi connectivity index (χ2v) is 4.08.